The van der Waals surface area contributed by atoms with Crippen molar-refractivity contribution in [1.82, 2.24) is 15.1 Å². The number of amides is 4. The van der Waals surface area contributed by atoms with Crippen molar-refractivity contribution in [1.29, 1.82) is 0 Å². The predicted molar refractivity (Wildman–Crippen MR) is 104 cm³/mol. The van der Waals surface area contributed by atoms with Crippen molar-refractivity contribution < 1.29 is 19.1 Å². The molecule has 1 saturated heterocycles. The third kappa shape index (κ3) is 4.49. The monoisotopic (exact) mass is 381 g/mol. The third-order valence-electron chi connectivity index (χ3n) is 4.58. The number of carbonyl (C=O) groups is 3. The molecule has 0 unspecified atom stereocenters. The lowest BCUT2D eigenvalue weighted by molar-refractivity contribution is -0.125. The van der Waals surface area contributed by atoms with Crippen LogP contribution in [0.15, 0.2) is 48.5 Å². The summed E-state index contributed by atoms with van der Waals surface area (Å²) in [5.74, 6) is 0.271. The van der Waals surface area contributed by atoms with E-state index >= 15 is 0 Å². The number of nitrogens with one attached hydrogen (secondary N) is 1. The molecule has 1 fully saturated rings. The molecule has 2 aromatic carbocycles. The van der Waals surface area contributed by atoms with E-state index < -0.39 is 6.03 Å². The average molecular weight is 381 g/mol. The van der Waals surface area contributed by atoms with Gasteiger partial charge in [0.15, 0.2) is 0 Å². The van der Waals surface area contributed by atoms with Gasteiger partial charge in [-0.2, -0.15) is 0 Å². The SMILES string of the molecule is Cc1ccc(OCCN(C)C(=O)c2ccccc2CN2C(=O)CNC2=O)cc1. The smallest absolute Gasteiger partial charge is 0.324 e. The number of hydrogen-bond donors (Lipinski definition) is 1. The fourth-order valence-electron chi connectivity index (χ4n) is 2.89. The quantitative estimate of drug-likeness (QED) is 0.746. The van der Waals surface area contributed by atoms with Gasteiger partial charge < -0.3 is 15.0 Å². The summed E-state index contributed by atoms with van der Waals surface area (Å²) in [5.41, 5.74) is 2.25. The summed E-state index contributed by atoms with van der Waals surface area (Å²) in [5, 5.41) is 2.48. The molecule has 7 nitrogen and oxygen atoms in total. The van der Waals surface area contributed by atoms with Crippen LogP contribution < -0.4 is 10.1 Å². The summed E-state index contributed by atoms with van der Waals surface area (Å²) in [6, 6.07) is 14.3. The van der Waals surface area contributed by atoms with Gasteiger partial charge >= 0.3 is 6.03 Å². The molecule has 1 heterocycles. The fraction of sp³-hybridized carbons (Fsp3) is 0.286. The number of rotatable bonds is 7. The topological polar surface area (TPSA) is 79.0 Å². The highest BCUT2D eigenvalue weighted by atomic mass is 16.5. The minimum absolute atomic E-state index is 0.00873. The van der Waals surface area contributed by atoms with E-state index in [1.54, 1.807) is 36.2 Å². The van der Waals surface area contributed by atoms with E-state index in [0.29, 0.717) is 24.3 Å². The zero-order chi connectivity index (χ0) is 20.1. The number of benzene rings is 2. The van der Waals surface area contributed by atoms with E-state index in [2.05, 4.69) is 5.32 Å². The van der Waals surface area contributed by atoms with Gasteiger partial charge in [0.05, 0.1) is 19.6 Å². The van der Waals surface area contributed by atoms with Crippen molar-refractivity contribution in [2.45, 2.75) is 13.5 Å². The zero-order valence-corrected chi connectivity index (χ0v) is 16.0. The number of likely N-dealkylation sites (N-methyl/N-ethyl adjacent to an activating group) is 1. The second kappa shape index (κ2) is 8.56. The van der Waals surface area contributed by atoms with E-state index in [1.807, 2.05) is 31.2 Å². The highest BCUT2D eigenvalue weighted by molar-refractivity contribution is 6.02. The third-order valence-corrected chi connectivity index (χ3v) is 4.58. The molecular formula is C21H23N3O4. The number of hydrogen-bond acceptors (Lipinski definition) is 4. The van der Waals surface area contributed by atoms with Gasteiger partial charge in [-0.25, -0.2) is 4.79 Å². The van der Waals surface area contributed by atoms with E-state index in [0.717, 1.165) is 16.2 Å². The molecule has 0 atom stereocenters. The summed E-state index contributed by atoms with van der Waals surface area (Å²) in [6.07, 6.45) is 0. The van der Waals surface area contributed by atoms with Crippen molar-refractivity contribution in [3.63, 3.8) is 0 Å². The molecule has 4 amide bonds. The minimum Gasteiger partial charge on any atom is -0.492 e. The molecule has 1 aliphatic heterocycles. The van der Waals surface area contributed by atoms with Crippen molar-refractivity contribution in [2.24, 2.45) is 0 Å². The van der Waals surface area contributed by atoms with Crippen LogP contribution in [-0.4, -0.2) is 54.4 Å². The Morgan fingerprint density at radius 2 is 1.86 bits per heavy atom. The van der Waals surface area contributed by atoms with E-state index in [-0.39, 0.29) is 24.9 Å². The first-order valence-corrected chi connectivity index (χ1v) is 9.07. The minimum atomic E-state index is -0.438. The summed E-state index contributed by atoms with van der Waals surface area (Å²) >= 11 is 0. The Morgan fingerprint density at radius 3 is 2.54 bits per heavy atom. The van der Waals surface area contributed by atoms with Crippen LogP contribution in [0.2, 0.25) is 0 Å². The van der Waals surface area contributed by atoms with Crippen LogP contribution in [0.1, 0.15) is 21.5 Å². The Hall–Kier alpha value is -3.35. The lowest BCUT2D eigenvalue weighted by Gasteiger charge is -2.20. The molecule has 0 bridgehead atoms. The summed E-state index contributed by atoms with van der Waals surface area (Å²) < 4.78 is 5.68. The molecule has 0 saturated carbocycles. The molecular weight excluding hydrogens is 358 g/mol. The molecule has 1 aliphatic rings. The number of ether oxygens (including phenoxy) is 1. The summed E-state index contributed by atoms with van der Waals surface area (Å²) in [6.45, 7) is 2.84. The molecule has 146 valence electrons. The first-order chi connectivity index (χ1) is 13.5. The fourth-order valence-corrected chi connectivity index (χ4v) is 2.89. The molecule has 2 aromatic rings. The van der Waals surface area contributed by atoms with Crippen molar-refractivity contribution in [3.05, 3.63) is 65.2 Å². The van der Waals surface area contributed by atoms with Crippen LogP contribution in [0.25, 0.3) is 0 Å². The Morgan fingerprint density at radius 1 is 1.14 bits per heavy atom. The Kier molecular flexibility index (Phi) is 5.93. The van der Waals surface area contributed by atoms with Gasteiger partial charge in [0.25, 0.3) is 5.91 Å². The largest absolute Gasteiger partial charge is 0.492 e. The molecule has 1 N–H and O–H groups in total. The number of urea groups is 1. The lowest BCUT2D eigenvalue weighted by atomic mass is 10.1. The Balaban J connectivity index is 1.62. The maximum Gasteiger partial charge on any atom is 0.324 e. The highest BCUT2D eigenvalue weighted by Gasteiger charge is 2.29. The predicted octanol–water partition coefficient (Wildman–Crippen LogP) is 2.20. The van der Waals surface area contributed by atoms with Gasteiger partial charge in [0.1, 0.15) is 12.4 Å². The van der Waals surface area contributed by atoms with Crippen molar-refractivity contribution >= 4 is 17.8 Å². The normalized spacial score (nSPS) is 13.4. The number of carbonyl (C=O) groups excluding carboxylic acids is 3. The first kappa shape index (κ1) is 19.4. The van der Waals surface area contributed by atoms with Crippen LogP contribution in [0.5, 0.6) is 5.75 Å². The van der Waals surface area contributed by atoms with Crippen molar-refractivity contribution in [2.75, 3.05) is 26.7 Å². The number of imide groups is 1. The van der Waals surface area contributed by atoms with Gasteiger partial charge in [-0.3, -0.25) is 14.5 Å². The van der Waals surface area contributed by atoms with Gasteiger partial charge in [-0.05, 0) is 30.7 Å². The van der Waals surface area contributed by atoms with Gasteiger partial charge in [-0.1, -0.05) is 35.9 Å². The van der Waals surface area contributed by atoms with Crippen LogP contribution in [0.3, 0.4) is 0 Å². The molecule has 0 spiro atoms. The summed E-state index contributed by atoms with van der Waals surface area (Å²) in [4.78, 5) is 39.2. The van der Waals surface area contributed by atoms with Crippen molar-refractivity contribution in [3.8, 4) is 5.75 Å². The summed E-state index contributed by atoms with van der Waals surface area (Å²) in [7, 11) is 1.70. The number of aryl methyl sites for hydroxylation is 1. The molecule has 0 radical (unpaired) electrons. The molecule has 0 aromatic heterocycles. The van der Waals surface area contributed by atoms with Gasteiger partial charge in [-0.15, -0.1) is 0 Å². The molecule has 3 rings (SSSR count). The maximum atomic E-state index is 12.9. The van der Waals surface area contributed by atoms with E-state index in [4.69, 9.17) is 4.74 Å². The second-order valence-corrected chi connectivity index (χ2v) is 6.68. The van der Waals surface area contributed by atoms with Crippen LogP contribution in [-0.2, 0) is 11.3 Å². The van der Waals surface area contributed by atoms with E-state index in [1.165, 1.54) is 0 Å². The van der Waals surface area contributed by atoms with Crippen LogP contribution in [0.4, 0.5) is 4.79 Å². The standard InChI is InChI=1S/C21H23N3O4/c1-15-7-9-17(10-8-15)28-12-11-23(2)20(26)18-6-4-3-5-16(18)14-24-19(25)13-22-21(24)27/h3-10H,11-14H2,1-2H3,(H,22,27). The first-order valence-electron chi connectivity index (χ1n) is 9.07. The van der Waals surface area contributed by atoms with Crippen LogP contribution in [0, 0.1) is 6.92 Å². The Labute approximate surface area is 163 Å². The van der Waals surface area contributed by atoms with Crippen LogP contribution >= 0.6 is 0 Å². The van der Waals surface area contributed by atoms with Gasteiger partial charge in [0.2, 0.25) is 5.91 Å². The second-order valence-electron chi connectivity index (χ2n) is 6.68. The molecule has 28 heavy (non-hydrogen) atoms. The average Bonchev–Trinajstić information content (AvgIpc) is 3.01. The van der Waals surface area contributed by atoms with E-state index in [9.17, 15) is 14.4 Å². The Bertz CT molecular complexity index is 863. The van der Waals surface area contributed by atoms with Gasteiger partial charge in [0, 0.05) is 12.6 Å². The maximum absolute atomic E-state index is 12.9. The molecule has 7 heteroatoms. The molecule has 0 aliphatic carbocycles. The number of nitrogens with zero attached hydrogens (tertiary/aromatic N) is 2. The highest BCUT2D eigenvalue weighted by Crippen LogP contribution is 2.16. The zero-order valence-electron chi connectivity index (χ0n) is 16.0. The lowest BCUT2D eigenvalue weighted by Crippen LogP contribution is -2.34.